The molecule has 0 aromatic rings. The number of quaternary nitrogens is 1. The lowest BCUT2D eigenvalue weighted by molar-refractivity contribution is -0.870. The van der Waals surface area contributed by atoms with Crippen molar-refractivity contribution < 1.29 is 32.9 Å². The van der Waals surface area contributed by atoms with Gasteiger partial charge in [-0.15, -0.1) is 0 Å². The zero-order valence-electron chi connectivity index (χ0n) is 59.5. The molecule has 0 saturated heterocycles. The summed E-state index contributed by atoms with van der Waals surface area (Å²) in [6, 6.07) is -0.928. The van der Waals surface area contributed by atoms with Crippen LogP contribution in [0.2, 0.25) is 0 Å². The number of rotatable bonds is 67. The van der Waals surface area contributed by atoms with Crippen molar-refractivity contribution in [2.45, 2.75) is 315 Å². The molecule has 1 amide bonds. The van der Waals surface area contributed by atoms with Crippen LogP contribution in [0.25, 0.3) is 0 Å². The minimum atomic E-state index is -4.63. The zero-order valence-corrected chi connectivity index (χ0v) is 60.4. The van der Waals surface area contributed by atoms with Gasteiger partial charge >= 0.3 is 0 Å². The molecule has 2 N–H and O–H groups in total. The molecular formula is C82H141N2O6P. The van der Waals surface area contributed by atoms with Gasteiger partial charge in [-0.25, -0.2) is 0 Å². The quantitative estimate of drug-likeness (QED) is 0.0272. The summed E-state index contributed by atoms with van der Waals surface area (Å²) < 4.78 is 23.4. The van der Waals surface area contributed by atoms with Gasteiger partial charge in [0.05, 0.1) is 39.9 Å². The largest absolute Gasteiger partial charge is 0.756 e. The number of carbonyl (C=O) groups is 1. The van der Waals surface area contributed by atoms with Gasteiger partial charge in [-0.1, -0.05) is 332 Å². The Morgan fingerprint density at radius 2 is 0.681 bits per heavy atom. The van der Waals surface area contributed by atoms with E-state index in [1.54, 1.807) is 6.08 Å². The first-order valence-corrected chi connectivity index (χ1v) is 38.8. The summed E-state index contributed by atoms with van der Waals surface area (Å²) in [5, 5.41) is 13.9. The number of phosphoric ester groups is 1. The van der Waals surface area contributed by atoms with Gasteiger partial charge in [-0.3, -0.25) is 9.36 Å². The smallest absolute Gasteiger partial charge is 0.268 e. The molecule has 0 aromatic carbocycles. The van der Waals surface area contributed by atoms with Crippen LogP contribution in [0, 0.1) is 0 Å². The molecule has 0 aromatic heterocycles. The molecule has 0 rings (SSSR count). The van der Waals surface area contributed by atoms with Crippen molar-refractivity contribution in [3.05, 3.63) is 158 Å². The van der Waals surface area contributed by atoms with E-state index in [1.165, 1.54) is 161 Å². The number of unbranched alkanes of at least 4 members (excludes halogenated alkanes) is 30. The molecule has 9 heteroatoms. The predicted octanol–water partition coefficient (Wildman–Crippen LogP) is 23.9. The van der Waals surface area contributed by atoms with Crippen LogP contribution >= 0.6 is 7.82 Å². The normalized spacial score (nSPS) is 14.5. The number of nitrogens with zero attached hydrogens (tertiary/aromatic N) is 1. The van der Waals surface area contributed by atoms with E-state index in [2.05, 4.69) is 165 Å². The first-order chi connectivity index (χ1) is 44.5. The second kappa shape index (κ2) is 70.4. The standard InChI is InChI=1S/C82H141N2O6P/c1-6-8-10-12-14-16-18-20-22-24-26-28-30-32-34-36-38-39-40-41-42-43-44-45-46-48-50-52-54-56-58-60-62-64-66-68-70-72-74-76-82(86)83-80(79-90-91(87,88)89-78-77-84(3,4)5)81(85)75-73-71-69-67-65-63-61-59-57-55-53-51-49-47-37-35-33-31-29-27-25-23-21-19-17-15-13-11-9-7-2/h8,10,14,16,20,22,26,28,32,34,38-39,41-42,44-45,48,50,54,56-57,59,65,67,73,75,80-81,85H,6-7,9,11-13,15,17-19,21,23-25,27,29-31,33,35-37,40,43,46-47,49,51-53,55,58,60-64,66,68-72,74,76-79H2,1-5H3,(H-,83,86,87,88)/b10-8-,16-14-,22-20-,28-26-,34-32-,39-38-,42-41-,45-44-,50-48-,56-54-,59-57+,67-65+,75-73+. The molecule has 0 aliphatic heterocycles. The van der Waals surface area contributed by atoms with Gasteiger partial charge in [-0.2, -0.15) is 0 Å². The van der Waals surface area contributed by atoms with Gasteiger partial charge in [-0.05, 0) is 122 Å². The maximum atomic E-state index is 13.1. The summed E-state index contributed by atoms with van der Waals surface area (Å²) in [5.74, 6) is -0.224. The SMILES string of the molecule is CC/C=C\C/C=C\C/C=C\C/C=C\C/C=C\C/C=C\C/C=C\C/C=C\C/C=C\C/C=C\CCCCCCCCCCC(=O)NC(COP(=O)([O-])OCC[N+](C)(C)C)C(O)/C=C/CC/C=C/CC/C=C/CCCCCCCCCCCCCCCCCCCCCC. The van der Waals surface area contributed by atoms with Crippen LogP contribution in [0.5, 0.6) is 0 Å². The Balaban J connectivity index is 4.18. The average molecular weight is 1280 g/mol. The maximum absolute atomic E-state index is 13.1. The number of aliphatic hydroxyl groups is 1. The fraction of sp³-hybridized carbons (Fsp3) is 0.671. The topological polar surface area (TPSA) is 108 Å². The van der Waals surface area contributed by atoms with Crippen LogP contribution in [0.1, 0.15) is 303 Å². The van der Waals surface area contributed by atoms with E-state index in [0.717, 1.165) is 122 Å². The molecule has 3 unspecified atom stereocenters. The first kappa shape index (κ1) is 87.1. The van der Waals surface area contributed by atoms with Crippen molar-refractivity contribution in [3.8, 4) is 0 Å². The number of amides is 1. The molecule has 0 heterocycles. The highest BCUT2D eigenvalue weighted by atomic mass is 31.2. The van der Waals surface area contributed by atoms with Crippen molar-refractivity contribution in [3.63, 3.8) is 0 Å². The number of nitrogens with one attached hydrogen (secondary N) is 1. The third kappa shape index (κ3) is 73.4. The molecule has 0 bridgehead atoms. The lowest BCUT2D eigenvalue weighted by Crippen LogP contribution is -2.45. The fourth-order valence-electron chi connectivity index (χ4n) is 10.2. The van der Waals surface area contributed by atoms with Gasteiger partial charge in [0, 0.05) is 6.42 Å². The van der Waals surface area contributed by atoms with E-state index >= 15 is 0 Å². The predicted molar refractivity (Wildman–Crippen MR) is 398 cm³/mol. The molecule has 0 radical (unpaired) electrons. The summed E-state index contributed by atoms with van der Waals surface area (Å²) in [7, 11) is 1.21. The Labute approximate surface area is 562 Å². The van der Waals surface area contributed by atoms with Crippen molar-refractivity contribution in [2.24, 2.45) is 0 Å². The van der Waals surface area contributed by atoms with Crippen LogP contribution in [-0.2, 0) is 18.4 Å². The molecule has 91 heavy (non-hydrogen) atoms. The summed E-state index contributed by atoms with van der Waals surface area (Å²) in [6.07, 6.45) is 110. The zero-order chi connectivity index (χ0) is 66.2. The first-order valence-electron chi connectivity index (χ1n) is 37.3. The van der Waals surface area contributed by atoms with Gasteiger partial charge in [0.15, 0.2) is 0 Å². The van der Waals surface area contributed by atoms with Crippen LogP contribution in [0.3, 0.4) is 0 Å². The average Bonchev–Trinajstić information content (AvgIpc) is 3.58. The Kier molecular flexibility index (Phi) is 67.4. The van der Waals surface area contributed by atoms with Crippen LogP contribution in [0.4, 0.5) is 0 Å². The second-order valence-corrected chi connectivity index (χ2v) is 27.3. The van der Waals surface area contributed by atoms with Crippen molar-refractivity contribution in [1.82, 2.24) is 5.32 Å². The van der Waals surface area contributed by atoms with Gasteiger partial charge in [0.25, 0.3) is 7.82 Å². The van der Waals surface area contributed by atoms with Crippen LogP contribution in [-0.4, -0.2) is 68.5 Å². The van der Waals surface area contributed by atoms with Crippen LogP contribution < -0.4 is 10.2 Å². The summed E-state index contributed by atoms with van der Waals surface area (Å²) in [4.78, 5) is 25.7. The lowest BCUT2D eigenvalue weighted by atomic mass is 10.0. The molecule has 8 nitrogen and oxygen atoms in total. The summed E-state index contributed by atoms with van der Waals surface area (Å²) in [5.41, 5.74) is 0. The van der Waals surface area contributed by atoms with E-state index < -0.39 is 26.6 Å². The van der Waals surface area contributed by atoms with Crippen molar-refractivity contribution in [2.75, 3.05) is 40.9 Å². The number of allylic oxidation sites excluding steroid dienone is 25. The molecule has 0 aliphatic carbocycles. The second-order valence-electron chi connectivity index (χ2n) is 25.9. The Hall–Kier alpha value is -3.88. The summed E-state index contributed by atoms with van der Waals surface area (Å²) in [6.45, 7) is 4.51. The molecule has 0 spiro atoms. The Morgan fingerprint density at radius 3 is 1.02 bits per heavy atom. The summed E-state index contributed by atoms with van der Waals surface area (Å²) >= 11 is 0. The van der Waals surface area contributed by atoms with Crippen LogP contribution in [0.15, 0.2) is 158 Å². The Morgan fingerprint density at radius 1 is 0.396 bits per heavy atom. The van der Waals surface area contributed by atoms with Crippen molar-refractivity contribution >= 4 is 13.7 Å². The fourth-order valence-corrected chi connectivity index (χ4v) is 10.9. The van der Waals surface area contributed by atoms with E-state index in [0.29, 0.717) is 17.4 Å². The molecule has 0 saturated carbocycles. The maximum Gasteiger partial charge on any atom is 0.268 e. The highest BCUT2D eigenvalue weighted by Crippen LogP contribution is 2.38. The highest BCUT2D eigenvalue weighted by molar-refractivity contribution is 7.45. The van der Waals surface area contributed by atoms with E-state index in [9.17, 15) is 19.4 Å². The van der Waals surface area contributed by atoms with Gasteiger partial charge in [0.2, 0.25) is 5.91 Å². The number of phosphoric acid groups is 1. The van der Waals surface area contributed by atoms with E-state index in [-0.39, 0.29) is 12.5 Å². The van der Waals surface area contributed by atoms with E-state index in [1.807, 2.05) is 27.2 Å². The minimum Gasteiger partial charge on any atom is -0.756 e. The number of likely N-dealkylation sites (N-methyl/N-ethyl adjacent to an activating group) is 1. The van der Waals surface area contributed by atoms with Gasteiger partial charge in [0.1, 0.15) is 13.2 Å². The number of carbonyl (C=O) groups excluding carboxylic acids is 1. The molecule has 0 aliphatic rings. The lowest BCUT2D eigenvalue weighted by Gasteiger charge is -2.29. The molecular weight excluding hydrogens is 1140 g/mol. The molecule has 3 atom stereocenters. The number of hydrogen-bond acceptors (Lipinski definition) is 6. The minimum absolute atomic E-state index is 0.0185. The van der Waals surface area contributed by atoms with Crippen molar-refractivity contribution in [1.29, 1.82) is 0 Å². The molecule has 0 fully saturated rings. The Bertz CT molecular complexity index is 2050. The third-order valence-electron chi connectivity index (χ3n) is 15.9. The highest BCUT2D eigenvalue weighted by Gasteiger charge is 2.23. The number of hydrogen-bond donors (Lipinski definition) is 2. The van der Waals surface area contributed by atoms with Gasteiger partial charge < -0.3 is 28.8 Å². The monoisotopic (exact) mass is 1280 g/mol. The number of aliphatic hydroxyl groups excluding tert-OH is 1. The molecule has 520 valence electrons. The third-order valence-corrected chi connectivity index (χ3v) is 16.9. The van der Waals surface area contributed by atoms with E-state index in [4.69, 9.17) is 9.05 Å².